The van der Waals surface area contributed by atoms with Crippen LogP contribution in [0.25, 0.3) is 0 Å². The molecule has 8 heteroatoms. The number of anilines is 2. The van der Waals surface area contributed by atoms with Gasteiger partial charge in [-0.1, -0.05) is 6.92 Å². The van der Waals surface area contributed by atoms with E-state index in [0.717, 1.165) is 17.7 Å². The lowest BCUT2D eigenvalue weighted by atomic mass is 10.1. The van der Waals surface area contributed by atoms with Crippen molar-refractivity contribution in [2.45, 2.75) is 26.2 Å². The molecule has 0 bridgehead atoms. The monoisotopic (exact) mass is 387 g/mol. The van der Waals surface area contributed by atoms with Crippen LogP contribution in [0.15, 0.2) is 23.6 Å². The molecule has 142 valence electrons. The summed E-state index contributed by atoms with van der Waals surface area (Å²) in [4.78, 5) is 43.8. The maximum absolute atomic E-state index is 12.8. The van der Waals surface area contributed by atoms with Crippen LogP contribution < -0.4 is 9.80 Å². The van der Waals surface area contributed by atoms with Gasteiger partial charge < -0.3 is 9.64 Å². The Morgan fingerprint density at radius 2 is 2.11 bits per heavy atom. The van der Waals surface area contributed by atoms with Crippen molar-refractivity contribution in [1.82, 2.24) is 4.98 Å². The molecule has 0 N–H and O–H groups in total. The average Bonchev–Trinajstić information content (AvgIpc) is 3.32. The van der Waals surface area contributed by atoms with Crippen molar-refractivity contribution in [3.8, 4) is 0 Å². The van der Waals surface area contributed by atoms with Crippen LogP contribution in [0, 0.1) is 0 Å². The van der Waals surface area contributed by atoms with E-state index in [-0.39, 0.29) is 24.2 Å². The molecule has 0 spiro atoms. The van der Waals surface area contributed by atoms with Crippen LogP contribution in [-0.2, 0) is 27.2 Å². The number of ether oxygens (including phenoxy) is 1. The van der Waals surface area contributed by atoms with Crippen LogP contribution >= 0.6 is 11.3 Å². The number of nitrogens with zero attached hydrogens (tertiary/aromatic N) is 3. The number of benzene rings is 1. The van der Waals surface area contributed by atoms with Crippen LogP contribution in [0.5, 0.6) is 0 Å². The Morgan fingerprint density at radius 3 is 2.81 bits per heavy atom. The molecular formula is C19H21N3O4S. The second kappa shape index (κ2) is 7.87. The van der Waals surface area contributed by atoms with E-state index >= 15 is 0 Å². The number of carbonyl (C=O) groups excluding carboxylic acids is 3. The van der Waals surface area contributed by atoms with E-state index in [9.17, 15) is 14.4 Å². The number of methoxy groups -OCH3 is 1. The summed E-state index contributed by atoms with van der Waals surface area (Å²) in [5.74, 6) is -0.464. The molecule has 1 aliphatic heterocycles. The van der Waals surface area contributed by atoms with Crippen LogP contribution in [0.1, 0.15) is 35.0 Å². The Labute approximate surface area is 161 Å². The van der Waals surface area contributed by atoms with Gasteiger partial charge in [-0.2, -0.15) is 0 Å². The number of amides is 2. The number of fused-ring (bicyclic) bond motifs is 1. The lowest BCUT2D eigenvalue weighted by Gasteiger charge is -2.17. The maximum Gasteiger partial charge on any atom is 0.311 e. The highest BCUT2D eigenvalue weighted by atomic mass is 32.1. The number of thiazole rings is 1. The van der Waals surface area contributed by atoms with Gasteiger partial charge in [-0.05, 0) is 30.2 Å². The predicted molar refractivity (Wildman–Crippen MR) is 103 cm³/mol. The van der Waals surface area contributed by atoms with Crippen molar-refractivity contribution in [2.24, 2.45) is 0 Å². The van der Waals surface area contributed by atoms with Gasteiger partial charge in [0.25, 0.3) is 5.91 Å². The zero-order valence-electron chi connectivity index (χ0n) is 15.5. The van der Waals surface area contributed by atoms with E-state index in [4.69, 9.17) is 0 Å². The summed E-state index contributed by atoms with van der Waals surface area (Å²) < 4.78 is 4.63. The Morgan fingerprint density at radius 1 is 1.33 bits per heavy atom. The molecule has 7 nitrogen and oxygen atoms in total. The van der Waals surface area contributed by atoms with Gasteiger partial charge in [0.15, 0.2) is 5.13 Å². The molecule has 0 aliphatic carbocycles. The third-order valence-corrected chi connectivity index (χ3v) is 5.48. The first-order valence-corrected chi connectivity index (χ1v) is 9.55. The molecule has 0 unspecified atom stereocenters. The van der Waals surface area contributed by atoms with Crippen LogP contribution in [0.4, 0.5) is 10.8 Å². The van der Waals surface area contributed by atoms with Gasteiger partial charge in [-0.3, -0.25) is 19.3 Å². The minimum Gasteiger partial charge on any atom is -0.469 e. The predicted octanol–water partition coefficient (Wildman–Crippen LogP) is 2.43. The highest BCUT2D eigenvalue weighted by molar-refractivity contribution is 7.14. The van der Waals surface area contributed by atoms with Crippen molar-refractivity contribution < 1.29 is 19.1 Å². The number of rotatable bonds is 5. The lowest BCUT2D eigenvalue weighted by molar-refractivity contribution is -0.139. The zero-order chi connectivity index (χ0) is 19.6. The molecule has 0 saturated carbocycles. The smallest absolute Gasteiger partial charge is 0.311 e. The molecule has 27 heavy (non-hydrogen) atoms. The van der Waals surface area contributed by atoms with E-state index < -0.39 is 0 Å². The van der Waals surface area contributed by atoms with Gasteiger partial charge in [0, 0.05) is 36.6 Å². The van der Waals surface area contributed by atoms with Crippen molar-refractivity contribution in [3.63, 3.8) is 0 Å². The van der Waals surface area contributed by atoms with Crippen LogP contribution in [0.2, 0.25) is 0 Å². The SMILES string of the molecule is CCC(=O)N1CCc2cc(C(=O)N(C)c3nc(CC(=O)OC)cs3)ccc21. The van der Waals surface area contributed by atoms with E-state index in [0.29, 0.717) is 29.4 Å². The Balaban J connectivity index is 1.76. The minimum absolute atomic E-state index is 0.0785. The maximum atomic E-state index is 12.8. The molecule has 1 aromatic carbocycles. The van der Waals surface area contributed by atoms with Gasteiger partial charge in [0.05, 0.1) is 19.2 Å². The summed E-state index contributed by atoms with van der Waals surface area (Å²) in [7, 11) is 2.98. The summed E-state index contributed by atoms with van der Waals surface area (Å²) >= 11 is 1.30. The van der Waals surface area contributed by atoms with E-state index in [2.05, 4.69) is 9.72 Å². The van der Waals surface area contributed by atoms with Crippen molar-refractivity contribution in [2.75, 3.05) is 30.5 Å². The number of hydrogen-bond donors (Lipinski definition) is 0. The topological polar surface area (TPSA) is 79.8 Å². The fourth-order valence-corrected chi connectivity index (χ4v) is 3.81. The Hall–Kier alpha value is -2.74. The van der Waals surface area contributed by atoms with Gasteiger partial charge in [0.2, 0.25) is 5.91 Å². The Bertz CT molecular complexity index is 893. The van der Waals surface area contributed by atoms with Gasteiger partial charge in [0.1, 0.15) is 0 Å². The third kappa shape index (κ3) is 3.85. The van der Waals surface area contributed by atoms with Crippen LogP contribution in [-0.4, -0.2) is 43.5 Å². The van der Waals surface area contributed by atoms with Crippen LogP contribution in [0.3, 0.4) is 0 Å². The first-order chi connectivity index (χ1) is 12.9. The van der Waals surface area contributed by atoms with E-state index in [1.54, 1.807) is 23.4 Å². The third-order valence-electron chi connectivity index (χ3n) is 4.51. The quantitative estimate of drug-likeness (QED) is 0.736. The molecule has 1 aliphatic rings. The molecule has 0 radical (unpaired) electrons. The highest BCUT2D eigenvalue weighted by Crippen LogP contribution is 2.30. The number of esters is 1. The molecule has 2 aromatic rings. The van der Waals surface area contributed by atoms with E-state index in [1.807, 2.05) is 19.1 Å². The molecule has 2 amide bonds. The molecule has 0 saturated heterocycles. The largest absolute Gasteiger partial charge is 0.469 e. The molecular weight excluding hydrogens is 366 g/mol. The van der Waals surface area contributed by atoms with Crippen molar-refractivity contribution >= 4 is 39.9 Å². The van der Waals surface area contributed by atoms with E-state index in [1.165, 1.54) is 23.3 Å². The molecule has 0 fully saturated rings. The molecule has 0 atom stereocenters. The minimum atomic E-state index is -0.370. The Kier molecular flexibility index (Phi) is 5.55. The summed E-state index contributed by atoms with van der Waals surface area (Å²) in [5.41, 5.74) is 3.01. The number of hydrogen-bond acceptors (Lipinski definition) is 6. The van der Waals surface area contributed by atoms with Gasteiger partial charge in [-0.25, -0.2) is 4.98 Å². The highest BCUT2D eigenvalue weighted by Gasteiger charge is 2.25. The number of aromatic nitrogens is 1. The molecule has 1 aromatic heterocycles. The van der Waals surface area contributed by atoms with Gasteiger partial charge >= 0.3 is 5.97 Å². The second-order valence-corrected chi connectivity index (χ2v) is 7.07. The summed E-state index contributed by atoms with van der Waals surface area (Å²) in [6.45, 7) is 2.49. The first-order valence-electron chi connectivity index (χ1n) is 8.67. The van der Waals surface area contributed by atoms with Crippen molar-refractivity contribution in [1.29, 1.82) is 0 Å². The summed E-state index contributed by atoms with van der Waals surface area (Å²) in [6.07, 6.45) is 1.28. The normalized spacial score (nSPS) is 12.6. The average molecular weight is 387 g/mol. The number of carbonyl (C=O) groups is 3. The molecule has 2 heterocycles. The lowest BCUT2D eigenvalue weighted by Crippen LogP contribution is -2.28. The van der Waals surface area contributed by atoms with Gasteiger partial charge in [-0.15, -0.1) is 11.3 Å². The first kappa shape index (κ1) is 19.0. The van der Waals surface area contributed by atoms with Crippen molar-refractivity contribution in [3.05, 3.63) is 40.4 Å². The zero-order valence-corrected chi connectivity index (χ0v) is 16.3. The molecule has 3 rings (SSSR count). The fourth-order valence-electron chi connectivity index (χ4n) is 3.02. The second-order valence-electron chi connectivity index (χ2n) is 6.23. The summed E-state index contributed by atoms with van der Waals surface area (Å²) in [5, 5.41) is 2.26. The standard InChI is InChI=1S/C19H21N3O4S/c1-4-16(23)22-8-7-12-9-13(5-6-15(12)22)18(25)21(2)19-20-14(11-27-19)10-17(24)26-3/h5-6,9,11H,4,7-8,10H2,1-3H3. The summed E-state index contributed by atoms with van der Waals surface area (Å²) in [6, 6.07) is 5.42. The fraction of sp³-hybridized carbons (Fsp3) is 0.368.